The highest BCUT2D eigenvalue weighted by Crippen LogP contribution is 2.47. The molecule has 0 aliphatic rings. The molecule has 0 N–H and O–H groups in total. The molecule has 0 spiro atoms. The van der Waals surface area contributed by atoms with Gasteiger partial charge in [0.2, 0.25) is 0 Å². The summed E-state index contributed by atoms with van der Waals surface area (Å²) in [4.78, 5) is 0. The van der Waals surface area contributed by atoms with Gasteiger partial charge in [-0.25, -0.2) is 0 Å². The largest absolute Gasteiger partial charge is 0.456 e. The van der Waals surface area contributed by atoms with Crippen LogP contribution in [0.5, 0.6) is 0 Å². The first kappa shape index (κ1) is 18.6. The number of furan rings is 2. The minimum Gasteiger partial charge on any atom is -0.456 e. The van der Waals surface area contributed by atoms with E-state index < -0.39 is 449 Å². The third-order valence-corrected chi connectivity index (χ3v) is 12.9. The van der Waals surface area contributed by atoms with Crippen LogP contribution >= 0.6 is 0 Å². The summed E-state index contributed by atoms with van der Waals surface area (Å²) < 4.78 is 437. The minimum atomic E-state index is -1.03. The summed E-state index contributed by atoms with van der Waals surface area (Å²) in [6, 6.07) is -41.5. The molecule has 0 atom stereocenters. The molecule has 2 heteroatoms. The van der Waals surface area contributed by atoms with Crippen LogP contribution in [0.4, 0.5) is 0 Å². The summed E-state index contributed by atoms with van der Waals surface area (Å²) in [5.41, 5.74) is -8.93. The van der Waals surface area contributed by atoms with Crippen LogP contribution in [0, 0.1) is 0 Å². The van der Waals surface area contributed by atoms with E-state index in [2.05, 4.69) is 0 Å². The Morgan fingerprint density at radius 2 is 0.450 bits per heavy atom. The molecule has 372 valence electrons. The van der Waals surface area contributed by atoms with Crippen molar-refractivity contribution in [2.45, 2.75) is 0 Å². The molecule has 0 saturated heterocycles. The van der Waals surface area contributed by atoms with E-state index in [1.807, 2.05) is 0 Å². The van der Waals surface area contributed by atoms with Crippen LogP contribution < -0.4 is 0 Å². The lowest BCUT2D eigenvalue weighted by Gasteiger charge is -2.18. The molecule has 17 rings (SSSR count). The summed E-state index contributed by atoms with van der Waals surface area (Å²) in [6.07, 6.45) is 0. The zero-order chi connectivity index (χ0) is 94.4. The van der Waals surface area contributed by atoms with Crippen molar-refractivity contribution in [2.75, 3.05) is 0 Å². The molecule has 0 radical (unpaired) electrons. The van der Waals surface area contributed by atoms with Gasteiger partial charge in [0.05, 0.1) is 65.8 Å². The molecule has 15 aromatic carbocycles. The van der Waals surface area contributed by atoms with Crippen molar-refractivity contribution in [1.82, 2.24) is 0 Å². The van der Waals surface area contributed by atoms with Crippen LogP contribution in [0.3, 0.4) is 0 Å². The van der Waals surface area contributed by atoms with Gasteiger partial charge in [0.15, 0.2) is 0 Å². The predicted octanol–water partition coefficient (Wildman–Crippen LogP) is 22.4. The number of para-hydroxylation sites is 2. The standard InChI is InChI=1S/C42H26O.C36H22O/c1-2-10-27(11-3-1)28-18-19-30-25-31(21-20-29(30)24-28)41-34-13-4-6-15-36(34)42(37-16-7-5-14-35(37)41)32-22-23-40-38(26-32)33-12-8-9-17-39(33)43-40;1-2-10-24-21-25(18-17-23(24)9-1)35-28-12-3-5-14-30(28)36(31-15-6-4-13-29(31)35)26-19-20-34-32(22-26)27-11-7-8-16-33(27)37-34/h1-26H;1-22H/i1D,2D,3D,4D,5D,6D,7D,8D,9D,10D,11D,12D,13D,14D,15D,16D,17D,18D,19D,20D,21D,22D,23D,24D,25D,26D;1D,2D,3D,4D,5D,6D,7D,8D,9D,10D,11D,12D,13D,14D,15D,16D,17D,18D,19D,20D,21D,22D. The quantitative estimate of drug-likeness (QED) is 0.161. The molecular weight excluding hydrogens is 969 g/mol. The molecule has 0 aliphatic heterocycles. The second-order valence-corrected chi connectivity index (χ2v) is 17.3. The van der Waals surface area contributed by atoms with Gasteiger partial charge in [-0.05, 0) is 175 Å². The second kappa shape index (κ2) is 18.6. The van der Waals surface area contributed by atoms with Crippen molar-refractivity contribution in [3.05, 3.63) is 290 Å². The van der Waals surface area contributed by atoms with Gasteiger partial charge in [-0.2, -0.15) is 0 Å². The zero-order valence-corrected chi connectivity index (χ0v) is 39.8. The molecule has 0 saturated carbocycles. The third-order valence-electron chi connectivity index (χ3n) is 12.9. The molecule has 0 unspecified atom stereocenters. The maximum Gasteiger partial charge on any atom is 0.135 e. The average molecular weight is 1070 g/mol. The number of hydrogen-bond acceptors (Lipinski definition) is 2. The lowest BCUT2D eigenvalue weighted by atomic mass is 9.85. The minimum absolute atomic E-state index is 0.374. The number of rotatable bonds is 5. The van der Waals surface area contributed by atoms with Crippen molar-refractivity contribution in [1.29, 1.82) is 0 Å². The second-order valence-electron chi connectivity index (χ2n) is 17.3. The Morgan fingerprint density at radius 1 is 0.175 bits per heavy atom. The monoisotopic (exact) mass is 1060 g/mol. The fourth-order valence-corrected chi connectivity index (χ4v) is 9.51. The molecule has 2 heterocycles. The van der Waals surface area contributed by atoms with Gasteiger partial charge in [0, 0.05) is 21.5 Å². The molecule has 0 aliphatic carbocycles. The van der Waals surface area contributed by atoms with Crippen LogP contribution in [0.1, 0.15) is 65.8 Å². The van der Waals surface area contributed by atoms with Gasteiger partial charge in [0.25, 0.3) is 0 Å². The first-order valence-electron chi connectivity index (χ1n) is 47.6. The number of hydrogen-bond donors (Lipinski definition) is 0. The highest BCUT2D eigenvalue weighted by molar-refractivity contribution is 6.24. The van der Waals surface area contributed by atoms with E-state index in [-0.39, 0.29) is 5.39 Å². The number of fused-ring (bicyclic) bond motifs is 12. The lowest BCUT2D eigenvalue weighted by Crippen LogP contribution is -1.91. The molecule has 2 aromatic heterocycles. The molecule has 17 aromatic rings. The summed E-state index contributed by atoms with van der Waals surface area (Å²) in [5.74, 6) is 0. The first-order valence-corrected chi connectivity index (χ1v) is 23.6. The zero-order valence-electron chi connectivity index (χ0n) is 87.8. The fourth-order valence-electron chi connectivity index (χ4n) is 9.51. The first-order chi connectivity index (χ1) is 59.7. The van der Waals surface area contributed by atoms with E-state index in [0.29, 0.717) is 0 Å². The van der Waals surface area contributed by atoms with Gasteiger partial charge in [-0.3, -0.25) is 0 Å². The Kier molecular flexibility index (Phi) is 4.31. The molecule has 80 heavy (non-hydrogen) atoms. The van der Waals surface area contributed by atoms with Gasteiger partial charge in [0.1, 0.15) is 22.3 Å². The summed E-state index contributed by atoms with van der Waals surface area (Å²) in [6.45, 7) is 0. The third kappa shape index (κ3) is 7.49. The van der Waals surface area contributed by atoms with Crippen molar-refractivity contribution in [3.63, 3.8) is 0 Å². The highest BCUT2D eigenvalue weighted by Gasteiger charge is 2.20. The van der Waals surface area contributed by atoms with Crippen molar-refractivity contribution in [2.24, 2.45) is 0 Å². The SMILES string of the molecule is [2H]c1c([2H])c([2H])c(-c2c([2H])c([2H])c3c([2H])c(-c4c5c([2H])c([2H])c([2H])c([2H])c5c(-c5c([2H])c([2H])c6oc7c([2H])c([2H])c([2H])c([2H])c7c6c5[2H])c5c([2H])c([2H])c([2H])c([2H])c45)c([2H])c([2H])c3c2[2H])c([2H])c1[2H].[2H]c1c([2H])c([2H])c2c(oc3c([2H])c([2H])c(-c4c5c([2H])c([2H])c([2H])c([2H])c5c(-c5c([2H])c([2H])c6c([2H])c([2H])c([2H])c([2H])c6c5[2H])c5c([2H])c([2H])c([2H])c([2H])c45)c([2H])c32)c1[2H]. The van der Waals surface area contributed by atoms with E-state index >= 15 is 0 Å². The number of benzene rings is 15. The normalized spacial score (nSPS) is 20.1. The van der Waals surface area contributed by atoms with Crippen LogP contribution in [-0.4, -0.2) is 0 Å². The Bertz CT molecular complexity index is 8080. The van der Waals surface area contributed by atoms with E-state index in [4.69, 9.17) is 51.3 Å². The molecule has 0 bridgehead atoms. The molecular formula is C78H48O2. The molecule has 0 amide bonds. The van der Waals surface area contributed by atoms with Crippen molar-refractivity contribution in [3.8, 4) is 55.6 Å². The van der Waals surface area contributed by atoms with Gasteiger partial charge in [-0.1, -0.05) is 236 Å². The highest BCUT2D eigenvalue weighted by atomic mass is 16.3. The van der Waals surface area contributed by atoms with Crippen LogP contribution in [0.15, 0.2) is 299 Å². The van der Waals surface area contributed by atoms with E-state index in [0.717, 1.165) is 0 Å². The van der Waals surface area contributed by atoms with Gasteiger partial charge in [-0.15, -0.1) is 0 Å². The molecule has 2 nitrogen and oxygen atoms in total. The smallest absolute Gasteiger partial charge is 0.135 e. The molecule has 0 fully saturated rings. The Labute approximate surface area is 529 Å². The van der Waals surface area contributed by atoms with Gasteiger partial charge >= 0.3 is 0 Å². The summed E-state index contributed by atoms with van der Waals surface area (Å²) >= 11 is 0. The Hall–Kier alpha value is -10.5. The fraction of sp³-hybridized carbons (Fsp3) is 0. The van der Waals surface area contributed by atoms with E-state index in [1.165, 1.54) is 0 Å². The van der Waals surface area contributed by atoms with E-state index in [1.54, 1.807) is 0 Å². The Balaban J connectivity index is 0.000000190. The Morgan fingerprint density at radius 3 is 0.875 bits per heavy atom. The van der Waals surface area contributed by atoms with Crippen molar-refractivity contribution >= 4 is 109 Å². The van der Waals surface area contributed by atoms with Crippen LogP contribution in [0.2, 0.25) is 0 Å². The average Bonchev–Trinajstić information content (AvgIpc) is 0.852. The van der Waals surface area contributed by atoms with Crippen LogP contribution in [-0.2, 0) is 0 Å². The van der Waals surface area contributed by atoms with E-state index in [9.17, 15) is 23.3 Å². The maximum atomic E-state index is 9.64. The van der Waals surface area contributed by atoms with Gasteiger partial charge < -0.3 is 8.83 Å². The predicted molar refractivity (Wildman–Crippen MR) is 340 cm³/mol. The summed E-state index contributed by atoms with van der Waals surface area (Å²) in [5, 5.41) is -9.48. The lowest BCUT2D eigenvalue weighted by molar-refractivity contribution is 0.668. The summed E-state index contributed by atoms with van der Waals surface area (Å²) in [7, 11) is 0. The maximum absolute atomic E-state index is 9.64. The van der Waals surface area contributed by atoms with Crippen molar-refractivity contribution < 1.29 is 74.6 Å². The topological polar surface area (TPSA) is 26.3 Å². The van der Waals surface area contributed by atoms with Crippen LogP contribution in [0.25, 0.3) is 164 Å².